The van der Waals surface area contributed by atoms with Crippen LogP contribution >= 0.6 is 11.3 Å². The third kappa shape index (κ3) is 3.78. The molecule has 0 bridgehead atoms. The highest BCUT2D eigenvalue weighted by Crippen LogP contribution is 2.30. The van der Waals surface area contributed by atoms with Crippen molar-refractivity contribution in [2.75, 3.05) is 5.32 Å². The quantitative estimate of drug-likeness (QED) is 0.510. The van der Waals surface area contributed by atoms with E-state index in [0.717, 1.165) is 24.2 Å². The van der Waals surface area contributed by atoms with Crippen molar-refractivity contribution in [3.05, 3.63) is 63.8 Å². The highest BCUT2D eigenvalue weighted by atomic mass is 32.1. The van der Waals surface area contributed by atoms with Crippen LogP contribution in [0.25, 0.3) is 22.2 Å². The van der Waals surface area contributed by atoms with Gasteiger partial charge >= 0.3 is 0 Å². The molecule has 1 amide bonds. The molecular formula is C22H23N5O2S. The lowest BCUT2D eigenvalue weighted by molar-refractivity contribution is -0.116. The van der Waals surface area contributed by atoms with Gasteiger partial charge in [-0.2, -0.15) is 0 Å². The van der Waals surface area contributed by atoms with E-state index >= 15 is 0 Å². The van der Waals surface area contributed by atoms with Crippen molar-refractivity contribution in [1.82, 2.24) is 19.1 Å². The van der Waals surface area contributed by atoms with Crippen molar-refractivity contribution in [1.29, 1.82) is 0 Å². The maximum absolute atomic E-state index is 12.6. The summed E-state index contributed by atoms with van der Waals surface area (Å²) in [5.41, 5.74) is 4.67. The number of aromatic nitrogens is 4. The lowest BCUT2D eigenvalue weighted by Gasteiger charge is -2.07. The van der Waals surface area contributed by atoms with Gasteiger partial charge in [-0.3, -0.25) is 14.2 Å². The van der Waals surface area contributed by atoms with E-state index in [4.69, 9.17) is 0 Å². The molecular weight excluding hydrogens is 398 g/mol. The van der Waals surface area contributed by atoms with Gasteiger partial charge in [-0.1, -0.05) is 19.1 Å². The Labute approximate surface area is 178 Å². The molecule has 0 unspecified atom stereocenters. The summed E-state index contributed by atoms with van der Waals surface area (Å²) in [5.74, 6) is -0.313. The number of hydrogen-bond acceptors (Lipinski definition) is 5. The molecule has 4 rings (SSSR count). The smallest absolute Gasteiger partial charge is 0.261 e. The minimum atomic E-state index is -0.313. The first-order valence-corrected chi connectivity index (χ1v) is 10.7. The molecule has 0 saturated carbocycles. The number of nitrogens with zero attached hydrogens (tertiary/aromatic N) is 4. The summed E-state index contributed by atoms with van der Waals surface area (Å²) >= 11 is 1.37. The monoisotopic (exact) mass is 421 g/mol. The molecule has 7 nitrogen and oxygen atoms in total. The van der Waals surface area contributed by atoms with E-state index < -0.39 is 0 Å². The third-order valence-electron chi connectivity index (χ3n) is 5.09. The van der Waals surface area contributed by atoms with Crippen molar-refractivity contribution in [3.63, 3.8) is 0 Å². The van der Waals surface area contributed by atoms with E-state index in [1.807, 2.05) is 11.4 Å². The van der Waals surface area contributed by atoms with Gasteiger partial charge in [0.2, 0.25) is 5.91 Å². The molecule has 0 radical (unpaired) electrons. The highest BCUT2D eigenvalue weighted by Gasteiger charge is 2.15. The number of para-hydroxylation sites is 1. The average Bonchev–Trinajstić information content (AvgIpc) is 3.30. The predicted octanol–water partition coefficient (Wildman–Crippen LogP) is 3.99. The third-order valence-corrected chi connectivity index (χ3v) is 5.85. The number of thiazole rings is 1. The maximum atomic E-state index is 12.6. The SMILES string of the molecule is CCCn1c(C)cc(-c2csc(NC(=O)Cn3cnc4ccccc4c3=O)n2)c1C. The molecule has 0 fully saturated rings. The normalized spacial score (nSPS) is 11.2. The van der Waals surface area contributed by atoms with Crippen LogP contribution in [0.1, 0.15) is 24.7 Å². The maximum Gasteiger partial charge on any atom is 0.261 e. The summed E-state index contributed by atoms with van der Waals surface area (Å²) in [4.78, 5) is 33.9. The molecule has 3 heterocycles. The van der Waals surface area contributed by atoms with Crippen LogP contribution in [0, 0.1) is 13.8 Å². The zero-order valence-electron chi connectivity index (χ0n) is 17.2. The second-order valence-electron chi connectivity index (χ2n) is 7.22. The van der Waals surface area contributed by atoms with Crippen molar-refractivity contribution < 1.29 is 4.79 Å². The van der Waals surface area contributed by atoms with Gasteiger partial charge in [0, 0.05) is 28.9 Å². The molecule has 1 N–H and O–H groups in total. The van der Waals surface area contributed by atoms with Gasteiger partial charge in [-0.05, 0) is 38.5 Å². The van der Waals surface area contributed by atoms with E-state index in [2.05, 4.69) is 46.7 Å². The van der Waals surface area contributed by atoms with Crippen molar-refractivity contribution in [2.45, 2.75) is 40.3 Å². The van der Waals surface area contributed by atoms with Crippen LogP contribution in [0.2, 0.25) is 0 Å². The van der Waals surface area contributed by atoms with E-state index in [-0.39, 0.29) is 18.0 Å². The average molecular weight is 422 g/mol. The Hall–Kier alpha value is -3.26. The Balaban J connectivity index is 1.51. The minimum Gasteiger partial charge on any atom is -0.348 e. The standard InChI is InChI=1S/C22H23N5O2S/c1-4-9-27-14(2)10-17(15(27)3)19-12-30-22(24-19)25-20(28)11-26-13-23-18-8-6-5-7-16(18)21(26)29/h5-8,10,12-13H,4,9,11H2,1-3H3,(H,24,25,28). The summed E-state index contributed by atoms with van der Waals surface area (Å²) in [6.45, 7) is 7.20. The van der Waals surface area contributed by atoms with E-state index in [1.54, 1.807) is 18.2 Å². The van der Waals surface area contributed by atoms with E-state index in [9.17, 15) is 9.59 Å². The predicted molar refractivity (Wildman–Crippen MR) is 120 cm³/mol. The second-order valence-corrected chi connectivity index (χ2v) is 8.08. The Bertz CT molecular complexity index is 1280. The zero-order valence-corrected chi connectivity index (χ0v) is 18.0. The minimum absolute atomic E-state index is 0.114. The summed E-state index contributed by atoms with van der Waals surface area (Å²) in [6, 6.07) is 9.22. The van der Waals surface area contributed by atoms with Gasteiger partial charge < -0.3 is 9.88 Å². The first-order chi connectivity index (χ1) is 14.5. The van der Waals surface area contributed by atoms with Crippen LogP contribution in [0.3, 0.4) is 0 Å². The van der Waals surface area contributed by atoms with E-state index in [0.29, 0.717) is 16.0 Å². The molecule has 0 atom stereocenters. The fourth-order valence-electron chi connectivity index (χ4n) is 3.62. The Morgan fingerprint density at radius 2 is 2.03 bits per heavy atom. The molecule has 154 valence electrons. The number of hydrogen-bond donors (Lipinski definition) is 1. The van der Waals surface area contributed by atoms with Crippen LogP contribution in [0.4, 0.5) is 5.13 Å². The van der Waals surface area contributed by atoms with E-state index in [1.165, 1.54) is 33.6 Å². The van der Waals surface area contributed by atoms with Gasteiger partial charge in [0.05, 0.1) is 22.9 Å². The lowest BCUT2D eigenvalue weighted by atomic mass is 10.2. The molecule has 30 heavy (non-hydrogen) atoms. The molecule has 4 aromatic rings. The first-order valence-electron chi connectivity index (χ1n) is 9.84. The number of amides is 1. The molecule has 0 aliphatic carbocycles. The molecule has 0 aliphatic rings. The Morgan fingerprint density at radius 1 is 1.23 bits per heavy atom. The number of carbonyl (C=O) groups excluding carboxylic acids is 1. The van der Waals surface area contributed by atoms with Gasteiger partial charge in [0.15, 0.2) is 5.13 Å². The number of nitrogens with one attached hydrogen (secondary N) is 1. The van der Waals surface area contributed by atoms with Crippen LogP contribution in [0.15, 0.2) is 46.8 Å². The number of fused-ring (bicyclic) bond motifs is 1. The molecule has 8 heteroatoms. The number of carbonyl (C=O) groups is 1. The van der Waals surface area contributed by atoms with Gasteiger partial charge in [0.25, 0.3) is 5.56 Å². The molecule has 1 aromatic carbocycles. The lowest BCUT2D eigenvalue weighted by Crippen LogP contribution is -2.27. The van der Waals surface area contributed by atoms with Crippen molar-refractivity contribution >= 4 is 33.3 Å². The van der Waals surface area contributed by atoms with Gasteiger partial charge in [-0.15, -0.1) is 11.3 Å². The Kier molecular flexibility index (Phi) is 5.50. The van der Waals surface area contributed by atoms with Crippen LogP contribution < -0.4 is 10.9 Å². The fourth-order valence-corrected chi connectivity index (χ4v) is 4.34. The largest absolute Gasteiger partial charge is 0.348 e. The summed E-state index contributed by atoms with van der Waals surface area (Å²) < 4.78 is 3.59. The Morgan fingerprint density at radius 3 is 2.83 bits per heavy atom. The zero-order chi connectivity index (χ0) is 21.3. The number of benzene rings is 1. The number of rotatable bonds is 6. The summed E-state index contributed by atoms with van der Waals surface area (Å²) in [5, 5.41) is 5.74. The summed E-state index contributed by atoms with van der Waals surface area (Å²) in [7, 11) is 0. The van der Waals surface area contributed by atoms with Crippen molar-refractivity contribution in [2.24, 2.45) is 0 Å². The first kappa shape index (κ1) is 20.0. The highest BCUT2D eigenvalue weighted by molar-refractivity contribution is 7.14. The van der Waals surface area contributed by atoms with Crippen molar-refractivity contribution in [3.8, 4) is 11.3 Å². The topological polar surface area (TPSA) is 81.8 Å². The molecule has 0 spiro atoms. The van der Waals surface area contributed by atoms with Crippen LogP contribution in [-0.4, -0.2) is 25.0 Å². The van der Waals surface area contributed by atoms with Crippen LogP contribution in [-0.2, 0) is 17.9 Å². The molecule has 3 aromatic heterocycles. The number of aryl methyl sites for hydroxylation is 1. The fraction of sp³-hybridized carbons (Fsp3) is 0.273. The summed E-state index contributed by atoms with van der Waals surface area (Å²) in [6.07, 6.45) is 2.47. The number of anilines is 1. The second kappa shape index (κ2) is 8.23. The molecule has 0 saturated heterocycles. The molecule has 0 aliphatic heterocycles. The van der Waals surface area contributed by atoms with Gasteiger partial charge in [0.1, 0.15) is 6.54 Å². The van der Waals surface area contributed by atoms with Crippen LogP contribution in [0.5, 0.6) is 0 Å². The van der Waals surface area contributed by atoms with Gasteiger partial charge in [-0.25, -0.2) is 9.97 Å².